The third kappa shape index (κ3) is 5.48. The second-order valence-electron chi connectivity index (χ2n) is 7.23. The minimum Gasteiger partial charge on any atom is -0.491 e. The largest absolute Gasteiger partial charge is 0.491 e. The summed E-state index contributed by atoms with van der Waals surface area (Å²) in [6.07, 6.45) is 4.84. The lowest BCUT2D eigenvalue weighted by atomic mass is 9.99. The van der Waals surface area contributed by atoms with Crippen molar-refractivity contribution in [1.29, 1.82) is 0 Å². The molecule has 1 saturated heterocycles. The van der Waals surface area contributed by atoms with Crippen LogP contribution in [0.5, 0.6) is 5.75 Å². The Morgan fingerprint density at radius 3 is 2.50 bits per heavy atom. The second-order valence-corrected chi connectivity index (χ2v) is 7.23. The fraction of sp³-hybridized carbons (Fsp3) is 0.619. The van der Waals surface area contributed by atoms with Crippen LogP contribution >= 0.6 is 0 Å². The van der Waals surface area contributed by atoms with Crippen molar-refractivity contribution in [2.45, 2.75) is 71.9 Å². The van der Waals surface area contributed by atoms with Crippen molar-refractivity contribution in [2.24, 2.45) is 0 Å². The summed E-state index contributed by atoms with van der Waals surface area (Å²) in [4.78, 5) is 28.4. The van der Waals surface area contributed by atoms with E-state index in [0.29, 0.717) is 19.0 Å². The van der Waals surface area contributed by atoms with Crippen molar-refractivity contribution in [3.8, 4) is 5.75 Å². The molecule has 5 nitrogen and oxygen atoms in total. The van der Waals surface area contributed by atoms with E-state index < -0.39 is 0 Å². The highest BCUT2D eigenvalue weighted by Crippen LogP contribution is 2.23. The van der Waals surface area contributed by atoms with Crippen LogP contribution in [0.15, 0.2) is 24.3 Å². The Morgan fingerprint density at radius 1 is 1.23 bits per heavy atom. The predicted octanol–water partition coefficient (Wildman–Crippen LogP) is 4.01. The molecule has 144 valence electrons. The van der Waals surface area contributed by atoms with Gasteiger partial charge in [-0.3, -0.25) is 9.59 Å². The second kappa shape index (κ2) is 9.60. The van der Waals surface area contributed by atoms with E-state index in [1.807, 2.05) is 43.0 Å². The Bertz CT molecular complexity index is 598. The van der Waals surface area contributed by atoms with E-state index in [2.05, 4.69) is 6.92 Å². The summed E-state index contributed by atoms with van der Waals surface area (Å²) in [7, 11) is 0. The molecule has 5 heteroatoms. The van der Waals surface area contributed by atoms with Gasteiger partial charge in [0.2, 0.25) is 11.8 Å². The summed E-state index contributed by atoms with van der Waals surface area (Å²) in [5.74, 6) is 0.881. The monoisotopic (exact) mass is 360 g/mol. The number of nitrogens with zero attached hydrogens (tertiary/aromatic N) is 2. The maximum Gasteiger partial charge on any atom is 0.224 e. The van der Waals surface area contributed by atoms with E-state index in [0.717, 1.165) is 37.2 Å². The molecule has 0 N–H and O–H groups in total. The first-order valence-corrected chi connectivity index (χ1v) is 9.76. The van der Waals surface area contributed by atoms with Gasteiger partial charge in [0.05, 0.1) is 6.10 Å². The van der Waals surface area contributed by atoms with Gasteiger partial charge < -0.3 is 14.5 Å². The Balaban J connectivity index is 1.99. The molecule has 1 aliphatic rings. The lowest BCUT2D eigenvalue weighted by Crippen LogP contribution is -2.44. The van der Waals surface area contributed by atoms with Gasteiger partial charge in [-0.2, -0.15) is 0 Å². The van der Waals surface area contributed by atoms with E-state index in [1.165, 1.54) is 6.42 Å². The van der Waals surface area contributed by atoms with Crippen molar-refractivity contribution < 1.29 is 14.3 Å². The maximum atomic E-state index is 12.7. The van der Waals surface area contributed by atoms with Gasteiger partial charge in [0, 0.05) is 38.2 Å². The molecule has 0 saturated carbocycles. The molecule has 0 aliphatic carbocycles. The van der Waals surface area contributed by atoms with Crippen LogP contribution in [0.4, 0.5) is 5.69 Å². The third-order valence-corrected chi connectivity index (χ3v) is 4.87. The quantitative estimate of drug-likeness (QED) is 0.738. The molecule has 0 radical (unpaired) electrons. The van der Waals surface area contributed by atoms with Crippen LogP contribution in [0.3, 0.4) is 0 Å². The number of carbonyl (C=O) groups is 2. The van der Waals surface area contributed by atoms with Gasteiger partial charge in [-0.25, -0.2) is 0 Å². The number of carbonyl (C=O) groups excluding carboxylic acids is 2. The molecular weight excluding hydrogens is 328 g/mol. The minimum absolute atomic E-state index is 0.0546. The Labute approximate surface area is 157 Å². The number of benzene rings is 1. The van der Waals surface area contributed by atoms with Crippen molar-refractivity contribution in [1.82, 2.24) is 4.90 Å². The van der Waals surface area contributed by atoms with Crippen LogP contribution in [0.1, 0.15) is 59.8 Å². The fourth-order valence-electron chi connectivity index (χ4n) is 3.55. The third-order valence-electron chi connectivity index (χ3n) is 4.87. The molecule has 1 aromatic rings. The zero-order chi connectivity index (χ0) is 19.1. The highest BCUT2D eigenvalue weighted by molar-refractivity contribution is 5.92. The zero-order valence-electron chi connectivity index (χ0n) is 16.5. The molecule has 1 atom stereocenters. The summed E-state index contributed by atoms with van der Waals surface area (Å²) >= 11 is 0. The van der Waals surface area contributed by atoms with Crippen molar-refractivity contribution in [2.75, 3.05) is 18.0 Å². The highest BCUT2D eigenvalue weighted by atomic mass is 16.5. The number of amides is 2. The molecule has 1 unspecified atom stereocenters. The maximum absolute atomic E-state index is 12.7. The molecular formula is C21H32N2O3. The number of hydrogen-bond acceptors (Lipinski definition) is 3. The predicted molar refractivity (Wildman–Crippen MR) is 104 cm³/mol. The minimum atomic E-state index is -0.0546. The summed E-state index contributed by atoms with van der Waals surface area (Å²) in [6.45, 7) is 8.89. The summed E-state index contributed by atoms with van der Waals surface area (Å²) in [5, 5.41) is 0. The van der Waals surface area contributed by atoms with E-state index in [1.54, 1.807) is 11.8 Å². The molecule has 1 aromatic carbocycles. The first kappa shape index (κ1) is 20.3. The molecule has 1 fully saturated rings. The van der Waals surface area contributed by atoms with Crippen LogP contribution < -0.4 is 9.64 Å². The van der Waals surface area contributed by atoms with Gasteiger partial charge in [-0.1, -0.05) is 6.92 Å². The van der Waals surface area contributed by atoms with Gasteiger partial charge in [0.1, 0.15) is 5.75 Å². The van der Waals surface area contributed by atoms with E-state index in [-0.39, 0.29) is 17.9 Å². The van der Waals surface area contributed by atoms with Crippen LogP contribution in [0, 0.1) is 0 Å². The standard InChI is InChI=1S/C21H32N2O3/c1-5-18-8-6-7-14-23(18)21(25)13-15-22(17(4)24)19-9-11-20(12-10-19)26-16(2)3/h9-12,16,18H,5-8,13-15H2,1-4H3. The van der Waals surface area contributed by atoms with Gasteiger partial charge >= 0.3 is 0 Å². The summed E-state index contributed by atoms with van der Waals surface area (Å²) in [5.41, 5.74) is 0.798. The molecule has 0 bridgehead atoms. The van der Waals surface area contributed by atoms with Gasteiger partial charge in [-0.15, -0.1) is 0 Å². The lowest BCUT2D eigenvalue weighted by molar-refractivity contribution is -0.134. The lowest BCUT2D eigenvalue weighted by Gasteiger charge is -2.35. The zero-order valence-corrected chi connectivity index (χ0v) is 16.5. The molecule has 2 rings (SSSR count). The van der Waals surface area contributed by atoms with Crippen molar-refractivity contribution >= 4 is 17.5 Å². The van der Waals surface area contributed by atoms with Crippen LogP contribution in [-0.2, 0) is 9.59 Å². The van der Waals surface area contributed by atoms with Crippen molar-refractivity contribution in [3.05, 3.63) is 24.3 Å². The van der Waals surface area contributed by atoms with E-state index >= 15 is 0 Å². The first-order valence-electron chi connectivity index (χ1n) is 9.76. The smallest absolute Gasteiger partial charge is 0.224 e. The topological polar surface area (TPSA) is 49.9 Å². The number of likely N-dealkylation sites (tertiary alicyclic amines) is 1. The first-order chi connectivity index (χ1) is 12.4. The summed E-state index contributed by atoms with van der Waals surface area (Å²) < 4.78 is 5.65. The molecule has 0 spiro atoms. The SMILES string of the molecule is CCC1CCCCN1C(=O)CCN(C(C)=O)c1ccc(OC(C)C)cc1. The van der Waals surface area contributed by atoms with E-state index in [9.17, 15) is 9.59 Å². The van der Waals surface area contributed by atoms with Crippen LogP contribution in [0.2, 0.25) is 0 Å². The molecule has 26 heavy (non-hydrogen) atoms. The number of anilines is 1. The number of rotatable bonds is 7. The highest BCUT2D eigenvalue weighted by Gasteiger charge is 2.25. The van der Waals surface area contributed by atoms with E-state index in [4.69, 9.17) is 4.74 Å². The van der Waals surface area contributed by atoms with Crippen molar-refractivity contribution in [3.63, 3.8) is 0 Å². The van der Waals surface area contributed by atoms with Gasteiger partial charge in [0.25, 0.3) is 0 Å². The fourth-order valence-corrected chi connectivity index (χ4v) is 3.55. The average Bonchev–Trinajstić information content (AvgIpc) is 2.62. The summed E-state index contributed by atoms with van der Waals surface area (Å²) in [6, 6.07) is 7.84. The van der Waals surface area contributed by atoms with Gasteiger partial charge in [0.15, 0.2) is 0 Å². The Hall–Kier alpha value is -2.04. The molecule has 1 heterocycles. The number of ether oxygens (including phenoxy) is 1. The molecule has 0 aromatic heterocycles. The number of piperidine rings is 1. The Kier molecular flexibility index (Phi) is 7.49. The number of hydrogen-bond donors (Lipinski definition) is 0. The molecule has 1 aliphatic heterocycles. The molecule has 2 amide bonds. The van der Waals surface area contributed by atoms with Crippen LogP contribution in [-0.4, -0.2) is 41.9 Å². The Morgan fingerprint density at radius 2 is 1.92 bits per heavy atom. The average molecular weight is 360 g/mol. The van der Waals surface area contributed by atoms with Crippen LogP contribution in [0.25, 0.3) is 0 Å². The normalized spacial score (nSPS) is 17.3. The van der Waals surface area contributed by atoms with Gasteiger partial charge in [-0.05, 0) is 63.8 Å².